The lowest BCUT2D eigenvalue weighted by molar-refractivity contribution is 0.195. The summed E-state index contributed by atoms with van der Waals surface area (Å²) in [6, 6.07) is 2.16. The van der Waals surface area contributed by atoms with Crippen LogP contribution < -0.4 is 10.1 Å². The molecule has 5 heteroatoms. The third kappa shape index (κ3) is 2.79. The van der Waals surface area contributed by atoms with Gasteiger partial charge in [0.2, 0.25) is 5.88 Å². The third-order valence-corrected chi connectivity index (χ3v) is 2.22. The van der Waals surface area contributed by atoms with Crippen LogP contribution in [0.1, 0.15) is 13.3 Å². The highest BCUT2D eigenvalue weighted by atomic mass is 16.5. The Balaban J connectivity index is 1.97. The molecule has 0 saturated carbocycles. The maximum atomic E-state index is 5.29. The smallest absolute Gasteiger partial charge is 0.218 e. The van der Waals surface area contributed by atoms with Crippen LogP contribution in [0.5, 0.6) is 5.88 Å². The number of aromatic nitrogens is 2. The van der Waals surface area contributed by atoms with Gasteiger partial charge in [-0.25, -0.2) is 9.97 Å². The Labute approximate surface area is 88.8 Å². The molecule has 2 rings (SSSR count). The van der Waals surface area contributed by atoms with E-state index in [1.165, 1.54) is 6.33 Å². The highest BCUT2D eigenvalue weighted by Gasteiger charge is 2.15. The topological polar surface area (TPSA) is 56.3 Å². The minimum Gasteiger partial charge on any atom is -0.478 e. The van der Waals surface area contributed by atoms with Crippen molar-refractivity contribution in [2.24, 2.45) is 0 Å². The molecule has 1 aromatic rings. The highest BCUT2D eigenvalue weighted by Crippen LogP contribution is 2.14. The van der Waals surface area contributed by atoms with Gasteiger partial charge in [0, 0.05) is 12.7 Å². The Morgan fingerprint density at radius 2 is 2.53 bits per heavy atom. The van der Waals surface area contributed by atoms with Gasteiger partial charge in [-0.05, 0) is 13.3 Å². The molecule has 1 N–H and O–H groups in total. The van der Waals surface area contributed by atoms with Gasteiger partial charge in [-0.3, -0.25) is 0 Å². The first-order chi connectivity index (χ1) is 7.38. The number of hydrogen-bond donors (Lipinski definition) is 1. The van der Waals surface area contributed by atoms with Crippen molar-refractivity contribution in [3.63, 3.8) is 0 Å². The van der Waals surface area contributed by atoms with Crippen LogP contribution in [0.2, 0.25) is 0 Å². The second-order valence-corrected chi connectivity index (χ2v) is 3.38. The first kappa shape index (κ1) is 10.2. The van der Waals surface area contributed by atoms with E-state index in [1.807, 2.05) is 13.0 Å². The van der Waals surface area contributed by atoms with Crippen molar-refractivity contribution in [1.29, 1.82) is 0 Å². The molecule has 0 amide bonds. The van der Waals surface area contributed by atoms with Gasteiger partial charge in [0.15, 0.2) is 0 Å². The summed E-state index contributed by atoms with van der Waals surface area (Å²) in [5.74, 6) is 1.40. The van der Waals surface area contributed by atoms with Crippen LogP contribution in [0.15, 0.2) is 12.4 Å². The van der Waals surface area contributed by atoms with Crippen molar-refractivity contribution in [2.75, 3.05) is 25.1 Å². The second-order valence-electron chi connectivity index (χ2n) is 3.38. The van der Waals surface area contributed by atoms with Crippen LogP contribution in [0.3, 0.4) is 0 Å². The van der Waals surface area contributed by atoms with E-state index in [2.05, 4.69) is 15.3 Å². The summed E-state index contributed by atoms with van der Waals surface area (Å²) in [4.78, 5) is 8.13. The van der Waals surface area contributed by atoms with E-state index in [-0.39, 0.29) is 0 Å². The molecule has 5 nitrogen and oxygen atoms in total. The fourth-order valence-corrected chi connectivity index (χ4v) is 1.50. The van der Waals surface area contributed by atoms with Gasteiger partial charge in [0.05, 0.1) is 19.3 Å². The molecule has 0 bridgehead atoms. The molecular weight excluding hydrogens is 194 g/mol. The normalized spacial score (nSPS) is 20.2. The number of nitrogens with one attached hydrogen (secondary N) is 1. The van der Waals surface area contributed by atoms with E-state index in [1.54, 1.807) is 0 Å². The Morgan fingerprint density at radius 3 is 3.27 bits per heavy atom. The zero-order chi connectivity index (χ0) is 10.5. The molecule has 1 aliphatic rings. The van der Waals surface area contributed by atoms with Crippen molar-refractivity contribution in [2.45, 2.75) is 19.4 Å². The van der Waals surface area contributed by atoms with Crippen LogP contribution >= 0.6 is 0 Å². The second kappa shape index (κ2) is 4.93. The molecule has 1 aromatic heterocycles. The zero-order valence-electron chi connectivity index (χ0n) is 8.77. The van der Waals surface area contributed by atoms with E-state index >= 15 is 0 Å². The van der Waals surface area contributed by atoms with Gasteiger partial charge in [0.1, 0.15) is 12.1 Å². The summed E-state index contributed by atoms with van der Waals surface area (Å²) in [6.07, 6.45) is 2.52. The summed E-state index contributed by atoms with van der Waals surface area (Å²) in [5.41, 5.74) is 0. The fourth-order valence-electron chi connectivity index (χ4n) is 1.50. The number of hydrogen-bond acceptors (Lipinski definition) is 5. The SMILES string of the molecule is CCOc1cc(NC2CCOC2)ncn1. The molecule has 0 spiro atoms. The third-order valence-electron chi connectivity index (χ3n) is 2.22. The molecule has 2 heterocycles. The van der Waals surface area contributed by atoms with Crippen LogP contribution in [0.25, 0.3) is 0 Å². The molecule has 0 aromatic carbocycles. The van der Waals surface area contributed by atoms with Crippen LogP contribution in [0, 0.1) is 0 Å². The first-order valence-electron chi connectivity index (χ1n) is 5.17. The summed E-state index contributed by atoms with van der Waals surface area (Å²) in [7, 11) is 0. The van der Waals surface area contributed by atoms with Crippen molar-refractivity contribution in [3.8, 4) is 5.88 Å². The lowest BCUT2D eigenvalue weighted by Gasteiger charge is -2.11. The molecule has 82 valence electrons. The van der Waals surface area contributed by atoms with Crippen molar-refractivity contribution in [1.82, 2.24) is 9.97 Å². The number of ether oxygens (including phenoxy) is 2. The molecular formula is C10H15N3O2. The minimum atomic E-state index is 0.356. The maximum absolute atomic E-state index is 5.29. The molecule has 1 unspecified atom stereocenters. The molecule has 1 atom stereocenters. The van der Waals surface area contributed by atoms with E-state index in [4.69, 9.17) is 9.47 Å². The Morgan fingerprint density at radius 1 is 1.60 bits per heavy atom. The molecule has 1 saturated heterocycles. The predicted octanol–water partition coefficient (Wildman–Crippen LogP) is 1.08. The van der Waals surface area contributed by atoms with Gasteiger partial charge in [0.25, 0.3) is 0 Å². The fraction of sp³-hybridized carbons (Fsp3) is 0.600. The maximum Gasteiger partial charge on any atom is 0.218 e. The van der Waals surface area contributed by atoms with E-state index < -0.39 is 0 Å². The van der Waals surface area contributed by atoms with Gasteiger partial charge in [-0.1, -0.05) is 0 Å². The average molecular weight is 209 g/mol. The average Bonchev–Trinajstić information content (AvgIpc) is 2.71. The van der Waals surface area contributed by atoms with E-state index in [9.17, 15) is 0 Å². The zero-order valence-corrected chi connectivity index (χ0v) is 8.77. The van der Waals surface area contributed by atoms with Crippen LogP contribution in [-0.4, -0.2) is 35.8 Å². The van der Waals surface area contributed by atoms with Crippen molar-refractivity contribution in [3.05, 3.63) is 12.4 Å². The lowest BCUT2D eigenvalue weighted by atomic mass is 10.2. The van der Waals surface area contributed by atoms with Gasteiger partial charge < -0.3 is 14.8 Å². The van der Waals surface area contributed by atoms with Crippen LogP contribution in [-0.2, 0) is 4.74 Å². The largest absolute Gasteiger partial charge is 0.478 e. The van der Waals surface area contributed by atoms with E-state index in [0.29, 0.717) is 18.5 Å². The number of rotatable bonds is 4. The molecule has 15 heavy (non-hydrogen) atoms. The Kier molecular flexibility index (Phi) is 3.34. The summed E-state index contributed by atoms with van der Waals surface area (Å²) in [5, 5.41) is 3.28. The summed E-state index contributed by atoms with van der Waals surface area (Å²) < 4.78 is 10.6. The highest BCUT2D eigenvalue weighted by molar-refractivity contribution is 5.38. The Hall–Kier alpha value is -1.36. The van der Waals surface area contributed by atoms with Crippen molar-refractivity contribution >= 4 is 5.82 Å². The standard InChI is InChI=1S/C10H15N3O2/c1-2-15-10-5-9(11-7-12-10)13-8-3-4-14-6-8/h5,7-8H,2-4,6H2,1H3,(H,11,12,13). The molecule has 0 aliphatic carbocycles. The van der Waals surface area contributed by atoms with E-state index in [0.717, 1.165) is 25.5 Å². The number of nitrogens with zero attached hydrogens (tertiary/aromatic N) is 2. The Bertz CT molecular complexity index is 313. The van der Waals surface area contributed by atoms with Gasteiger partial charge >= 0.3 is 0 Å². The quantitative estimate of drug-likeness (QED) is 0.804. The first-order valence-corrected chi connectivity index (χ1v) is 5.17. The summed E-state index contributed by atoms with van der Waals surface area (Å²) in [6.45, 7) is 4.11. The number of anilines is 1. The predicted molar refractivity (Wildman–Crippen MR) is 56.0 cm³/mol. The minimum absolute atomic E-state index is 0.356. The van der Waals surface area contributed by atoms with Gasteiger partial charge in [-0.2, -0.15) is 0 Å². The molecule has 1 fully saturated rings. The summed E-state index contributed by atoms with van der Waals surface area (Å²) >= 11 is 0. The lowest BCUT2D eigenvalue weighted by Crippen LogP contribution is -2.19. The molecule has 0 radical (unpaired) electrons. The van der Waals surface area contributed by atoms with Gasteiger partial charge in [-0.15, -0.1) is 0 Å². The van der Waals surface area contributed by atoms with Crippen molar-refractivity contribution < 1.29 is 9.47 Å². The molecule has 1 aliphatic heterocycles. The van der Waals surface area contributed by atoms with Crippen LogP contribution in [0.4, 0.5) is 5.82 Å². The monoisotopic (exact) mass is 209 g/mol.